The minimum absolute atomic E-state index is 0.254. The SMILES string of the molecule is CC(C)[Si](c1ncc(C(N)c2ccccc2)o1)(C(C)C)C(C)C.CC(C)[Si](c1ncc(C(N=[N+]=[N-])c2ccccc2)o1)(C(C)C)C(C)C.CC(C)[Si](c1ncc(C(O)c2ccccc2)o1)(C(C)C)C(C)C.CC(C)[Si](c1ncc(C=O)o1)(C(C)C)C(C)C. The van der Waals surface area contributed by atoms with Gasteiger partial charge in [-0.15, -0.1) is 0 Å². The number of aliphatic hydroxyl groups excluding tert-OH is 1. The Morgan fingerprint density at radius 3 is 1.00 bits per heavy atom. The molecule has 0 aliphatic heterocycles. The van der Waals surface area contributed by atoms with E-state index in [1.54, 1.807) is 18.6 Å². The monoisotopic (exact) mass is 1270 g/mol. The second-order valence-corrected chi connectivity index (χ2v) is 50.7. The van der Waals surface area contributed by atoms with Crippen LogP contribution in [0.4, 0.5) is 0 Å². The van der Waals surface area contributed by atoms with Gasteiger partial charge in [0.05, 0.1) is 30.8 Å². The second kappa shape index (κ2) is 32.8. The van der Waals surface area contributed by atoms with E-state index in [2.05, 4.69) is 186 Å². The first kappa shape index (κ1) is 74.7. The number of carbonyl (C=O) groups is 1. The molecule has 3 N–H and O–H groups in total. The Kier molecular flexibility index (Phi) is 27.9. The number of benzene rings is 3. The molecular weight excluding hydrogens is 1160 g/mol. The van der Waals surface area contributed by atoms with Gasteiger partial charge in [0, 0.05) is 4.91 Å². The number of aromatic nitrogens is 4. The fourth-order valence-electron chi connectivity index (χ4n) is 16.0. The molecule has 0 spiro atoms. The molecule has 0 fully saturated rings. The lowest BCUT2D eigenvalue weighted by Crippen LogP contribution is -2.56. The van der Waals surface area contributed by atoms with Crippen LogP contribution in [0.3, 0.4) is 0 Å². The van der Waals surface area contributed by atoms with E-state index in [0.29, 0.717) is 83.8 Å². The van der Waals surface area contributed by atoms with Crippen molar-refractivity contribution in [1.29, 1.82) is 0 Å². The molecule has 0 bridgehead atoms. The molecule has 482 valence electrons. The maximum Gasteiger partial charge on any atom is 0.187 e. The van der Waals surface area contributed by atoms with Crippen LogP contribution in [0.15, 0.2) is 139 Å². The predicted molar refractivity (Wildman–Crippen MR) is 375 cm³/mol. The summed E-state index contributed by atoms with van der Waals surface area (Å²) in [6, 6.07) is 28.6. The number of azide groups is 1. The van der Waals surface area contributed by atoms with E-state index in [1.807, 2.05) is 97.2 Å². The third kappa shape index (κ3) is 15.7. The molecule has 0 aliphatic rings. The van der Waals surface area contributed by atoms with Gasteiger partial charge in [0.2, 0.25) is 0 Å². The number of rotatable bonds is 24. The van der Waals surface area contributed by atoms with Gasteiger partial charge in [-0.3, -0.25) is 4.79 Å². The van der Waals surface area contributed by atoms with Gasteiger partial charge < -0.3 is 28.5 Å². The lowest BCUT2D eigenvalue weighted by molar-refractivity contribution is 0.110. The zero-order valence-electron chi connectivity index (χ0n) is 57.9. The van der Waals surface area contributed by atoms with Crippen LogP contribution >= 0.6 is 0 Å². The van der Waals surface area contributed by atoms with E-state index in [0.717, 1.165) is 50.8 Å². The zero-order chi connectivity index (χ0) is 66.2. The lowest BCUT2D eigenvalue weighted by Gasteiger charge is -2.39. The highest BCUT2D eigenvalue weighted by molar-refractivity contribution is 6.95. The van der Waals surface area contributed by atoms with Crippen LogP contribution in [0.25, 0.3) is 10.4 Å². The van der Waals surface area contributed by atoms with Crippen LogP contribution in [-0.4, -0.2) is 63.6 Å². The van der Waals surface area contributed by atoms with Gasteiger partial charge in [-0.05, 0) is 88.7 Å². The van der Waals surface area contributed by atoms with E-state index in [9.17, 15) is 9.90 Å². The third-order valence-corrected chi connectivity index (χ3v) is 46.4. The van der Waals surface area contributed by atoms with Crippen molar-refractivity contribution in [3.05, 3.63) is 166 Å². The molecular formula is C70H110N8O6Si4. The summed E-state index contributed by atoms with van der Waals surface area (Å²) in [5, 5.41) is 14.5. The summed E-state index contributed by atoms with van der Waals surface area (Å²) in [6.07, 6.45) is 6.82. The molecule has 3 aromatic carbocycles. The predicted octanol–water partition coefficient (Wildman–Crippen LogP) is 18.6. The maximum absolute atomic E-state index is 10.7. The minimum Gasteiger partial charge on any atom is -0.450 e. The summed E-state index contributed by atoms with van der Waals surface area (Å²) >= 11 is 0. The van der Waals surface area contributed by atoms with E-state index in [4.69, 9.17) is 38.9 Å². The second-order valence-electron chi connectivity index (χ2n) is 27.7. The Labute approximate surface area is 532 Å². The van der Waals surface area contributed by atoms with Crippen molar-refractivity contribution in [2.24, 2.45) is 10.8 Å². The first-order chi connectivity index (χ1) is 41.3. The van der Waals surface area contributed by atoms with Crippen LogP contribution in [-0.2, 0) is 0 Å². The van der Waals surface area contributed by atoms with Crippen molar-refractivity contribution < 1.29 is 27.6 Å². The normalized spacial score (nSPS) is 13.6. The van der Waals surface area contributed by atoms with Gasteiger partial charge in [0.1, 0.15) is 23.7 Å². The zero-order valence-corrected chi connectivity index (χ0v) is 61.9. The number of oxazole rings is 4. The number of hydrogen-bond acceptors (Lipinski definition) is 12. The fraction of sp³-hybridized carbons (Fsp3) is 0.557. The number of hydrogen-bond donors (Lipinski definition) is 2. The maximum atomic E-state index is 10.7. The molecule has 4 heterocycles. The minimum atomic E-state index is -1.97. The molecule has 0 saturated heterocycles. The van der Waals surface area contributed by atoms with Gasteiger partial charge in [-0.2, -0.15) is 0 Å². The summed E-state index contributed by atoms with van der Waals surface area (Å²) in [6.45, 7) is 54.7. The van der Waals surface area contributed by atoms with Gasteiger partial charge in [-0.25, -0.2) is 19.9 Å². The summed E-state index contributed by atoms with van der Waals surface area (Å²) in [5.41, 5.74) is 28.2. The van der Waals surface area contributed by atoms with E-state index >= 15 is 0 Å². The Balaban J connectivity index is 0.000000253. The molecule has 7 rings (SSSR count). The van der Waals surface area contributed by atoms with Gasteiger partial charge >= 0.3 is 0 Å². The van der Waals surface area contributed by atoms with Crippen molar-refractivity contribution in [2.75, 3.05) is 0 Å². The van der Waals surface area contributed by atoms with Crippen LogP contribution in [0, 0.1) is 0 Å². The van der Waals surface area contributed by atoms with E-state index < -0.39 is 44.4 Å². The molecule has 0 aliphatic carbocycles. The van der Waals surface area contributed by atoms with E-state index in [1.165, 1.54) is 0 Å². The van der Waals surface area contributed by atoms with Crippen molar-refractivity contribution in [1.82, 2.24) is 19.9 Å². The molecule has 3 atom stereocenters. The summed E-state index contributed by atoms with van der Waals surface area (Å²) in [4.78, 5) is 32.2. The highest BCUT2D eigenvalue weighted by Crippen LogP contribution is 2.45. The van der Waals surface area contributed by atoms with Crippen molar-refractivity contribution in [2.45, 2.75) is 251 Å². The number of nitrogens with two attached hydrogens (primary N) is 1. The third-order valence-electron chi connectivity index (χ3n) is 19.6. The Morgan fingerprint density at radius 2 is 0.682 bits per heavy atom. The summed E-state index contributed by atoms with van der Waals surface area (Å²) in [7, 11) is -7.58. The number of carbonyl (C=O) groups excluding carboxylic acids is 1. The van der Waals surface area contributed by atoms with Gasteiger partial charge in [0.15, 0.2) is 72.2 Å². The number of nitrogens with zero attached hydrogens (tertiary/aromatic N) is 7. The van der Waals surface area contributed by atoms with Crippen LogP contribution in [0.2, 0.25) is 66.5 Å². The van der Waals surface area contributed by atoms with Crippen LogP contribution < -0.4 is 27.8 Å². The molecule has 3 unspecified atom stereocenters. The molecule has 0 radical (unpaired) electrons. The largest absolute Gasteiger partial charge is 0.450 e. The van der Waals surface area contributed by atoms with Crippen molar-refractivity contribution in [3.8, 4) is 0 Å². The van der Waals surface area contributed by atoms with Crippen LogP contribution in [0.1, 0.15) is 229 Å². The van der Waals surface area contributed by atoms with Crippen molar-refractivity contribution >= 4 is 60.6 Å². The van der Waals surface area contributed by atoms with Gasteiger partial charge in [0.25, 0.3) is 0 Å². The Hall–Kier alpha value is -5.73. The average molecular weight is 1270 g/mol. The fourth-order valence-corrected chi connectivity index (χ4v) is 40.2. The molecule has 18 heteroatoms. The molecule has 0 saturated carbocycles. The van der Waals surface area contributed by atoms with Crippen LogP contribution in [0.5, 0.6) is 0 Å². The topological polar surface area (TPSA) is 216 Å². The number of aliphatic hydroxyl groups is 1. The molecule has 88 heavy (non-hydrogen) atoms. The van der Waals surface area contributed by atoms with Crippen molar-refractivity contribution in [3.63, 3.8) is 0 Å². The smallest absolute Gasteiger partial charge is 0.187 e. The molecule has 0 amide bonds. The highest BCUT2D eigenvalue weighted by Gasteiger charge is 2.52. The van der Waals surface area contributed by atoms with Gasteiger partial charge in [-0.1, -0.05) is 262 Å². The summed E-state index contributed by atoms with van der Waals surface area (Å²) < 4.78 is 24.4. The first-order valence-corrected chi connectivity index (χ1v) is 41.2. The van der Waals surface area contributed by atoms with E-state index in [-0.39, 0.29) is 6.04 Å². The standard InChI is InChI=1S/C19H28N4OSi.C19H30N2OSi.C19H29NO2Si.C13H23NO2Si/c1-13(2)25(14(3)4,15(5)6)19-21-12-17(24-19)18(22-23-20)16-10-8-7-9-11-16;1-13(2)23(14(3)4,15(5)6)19-21-12-17(22-19)18(20)16-10-8-7-9-11-16;1-13(2)23(14(3)4,15(5)6)19-20-12-17(22-19)18(21)16-10-8-7-9-11-16;1-9(2)17(10(3)4,11(5)6)13-14-7-12(8-15)16-13/h7-15,18H,1-6H3;7-15,18H,20H2,1-6H3;7-15,18,21H,1-6H3;7-11H,1-6H3. The molecule has 4 aromatic heterocycles. The quantitative estimate of drug-likeness (QED) is 0.0191. The molecule has 14 nitrogen and oxygen atoms in total. The lowest BCUT2D eigenvalue weighted by atomic mass is 10.1. The average Bonchev–Trinajstić information content (AvgIpc) is 1.87. The molecule has 7 aromatic rings. The summed E-state index contributed by atoms with van der Waals surface area (Å²) in [5.74, 6) is 2.28. The Morgan fingerprint density at radius 1 is 0.409 bits per heavy atom. The highest BCUT2D eigenvalue weighted by atomic mass is 28.3. The number of aldehydes is 1. The Bertz CT molecular complexity index is 3000. The first-order valence-electron chi connectivity index (χ1n) is 32.3.